The van der Waals surface area contributed by atoms with Crippen molar-refractivity contribution in [3.8, 4) is 0 Å². The standard InChI is InChI=1S/C7H12ClNO.CH4/c1-7(2,5-8)6-9-3-4-10-6;/h3-5H2,1-2H3;1H4. The highest BCUT2D eigenvalue weighted by atomic mass is 35.5. The Bertz CT molecular complexity index is 154. The second kappa shape index (κ2) is 3.96. The van der Waals surface area contributed by atoms with Gasteiger partial charge in [-0.2, -0.15) is 0 Å². The molecule has 0 aromatic rings. The van der Waals surface area contributed by atoms with Crippen LogP contribution in [0.5, 0.6) is 0 Å². The molecule has 0 saturated heterocycles. The number of nitrogens with zero attached hydrogens (tertiary/aromatic N) is 1. The molecular formula is C8H16ClNO. The first-order chi connectivity index (χ1) is 4.67. The summed E-state index contributed by atoms with van der Waals surface area (Å²) in [6.45, 7) is 5.57. The molecule has 0 radical (unpaired) electrons. The number of hydrogen-bond donors (Lipinski definition) is 0. The van der Waals surface area contributed by atoms with Crippen molar-refractivity contribution in [3.63, 3.8) is 0 Å². The van der Waals surface area contributed by atoms with Gasteiger partial charge in [0.05, 0.1) is 12.0 Å². The number of ether oxygens (including phenoxy) is 1. The predicted molar refractivity (Wildman–Crippen MR) is 49.5 cm³/mol. The van der Waals surface area contributed by atoms with Crippen LogP contribution in [0.25, 0.3) is 0 Å². The van der Waals surface area contributed by atoms with Gasteiger partial charge in [-0.15, -0.1) is 11.6 Å². The third-order valence-electron chi connectivity index (χ3n) is 1.50. The Labute approximate surface area is 73.6 Å². The second-order valence-electron chi connectivity index (χ2n) is 3.05. The minimum atomic E-state index is -0.0853. The molecule has 3 heteroatoms. The lowest BCUT2D eigenvalue weighted by atomic mass is 9.96. The van der Waals surface area contributed by atoms with Crippen molar-refractivity contribution in [3.05, 3.63) is 0 Å². The molecule has 0 unspecified atom stereocenters. The van der Waals surface area contributed by atoms with Gasteiger partial charge in [0.2, 0.25) is 0 Å². The summed E-state index contributed by atoms with van der Waals surface area (Å²) in [5, 5.41) is 0. The molecule has 0 N–H and O–H groups in total. The molecule has 0 saturated carbocycles. The van der Waals surface area contributed by atoms with Crippen LogP contribution in [-0.4, -0.2) is 24.9 Å². The first-order valence-electron chi connectivity index (χ1n) is 3.40. The lowest BCUT2D eigenvalue weighted by molar-refractivity contribution is 0.304. The molecule has 0 fully saturated rings. The lowest BCUT2D eigenvalue weighted by Gasteiger charge is -2.19. The summed E-state index contributed by atoms with van der Waals surface area (Å²) in [6.07, 6.45) is 0. The molecule has 1 aliphatic heterocycles. The van der Waals surface area contributed by atoms with Gasteiger partial charge in [-0.25, -0.2) is 0 Å². The quantitative estimate of drug-likeness (QED) is 0.594. The van der Waals surface area contributed by atoms with Crippen molar-refractivity contribution in [2.75, 3.05) is 19.0 Å². The molecule has 0 spiro atoms. The van der Waals surface area contributed by atoms with Crippen LogP contribution < -0.4 is 0 Å². The van der Waals surface area contributed by atoms with E-state index in [1.165, 1.54) is 0 Å². The number of hydrogen-bond acceptors (Lipinski definition) is 2. The molecule has 0 aromatic heterocycles. The largest absolute Gasteiger partial charge is 0.479 e. The van der Waals surface area contributed by atoms with E-state index in [0.717, 1.165) is 19.0 Å². The average molecular weight is 178 g/mol. The lowest BCUT2D eigenvalue weighted by Crippen LogP contribution is -2.26. The van der Waals surface area contributed by atoms with E-state index in [1.54, 1.807) is 0 Å². The number of rotatable bonds is 2. The fourth-order valence-corrected chi connectivity index (χ4v) is 0.916. The summed E-state index contributed by atoms with van der Waals surface area (Å²) in [5.41, 5.74) is -0.0853. The van der Waals surface area contributed by atoms with Crippen molar-refractivity contribution in [2.24, 2.45) is 10.4 Å². The molecule has 66 valence electrons. The normalized spacial score (nSPS) is 16.8. The van der Waals surface area contributed by atoms with E-state index in [2.05, 4.69) is 4.99 Å². The zero-order chi connectivity index (χ0) is 7.61. The van der Waals surface area contributed by atoms with Gasteiger partial charge in [0.25, 0.3) is 0 Å². The average Bonchev–Trinajstić information content (AvgIpc) is 2.38. The molecule has 0 aliphatic carbocycles. The Morgan fingerprint density at radius 3 is 2.64 bits per heavy atom. The zero-order valence-electron chi connectivity index (χ0n) is 6.35. The van der Waals surface area contributed by atoms with Crippen LogP contribution in [-0.2, 0) is 4.74 Å². The predicted octanol–water partition coefficient (Wildman–Crippen LogP) is 2.32. The Morgan fingerprint density at radius 2 is 2.27 bits per heavy atom. The smallest absolute Gasteiger partial charge is 0.190 e. The van der Waals surface area contributed by atoms with E-state index in [0.29, 0.717) is 5.88 Å². The van der Waals surface area contributed by atoms with Crippen molar-refractivity contribution in [1.29, 1.82) is 0 Å². The van der Waals surface area contributed by atoms with Gasteiger partial charge in [0.1, 0.15) is 6.61 Å². The molecule has 1 rings (SSSR count). The maximum Gasteiger partial charge on any atom is 0.190 e. The summed E-state index contributed by atoms with van der Waals surface area (Å²) in [6, 6.07) is 0. The van der Waals surface area contributed by atoms with E-state index in [1.807, 2.05) is 13.8 Å². The third kappa shape index (κ3) is 2.37. The summed E-state index contributed by atoms with van der Waals surface area (Å²) in [4.78, 5) is 4.19. The van der Waals surface area contributed by atoms with Crippen molar-refractivity contribution in [2.45, 2.75) is 21.3 Å². The summed E-state index contributed by atoms with van der Waals surface area (Å²) in [7, 11) is 0. The van der Waals surface area contributed by atoms with Crippen LogP contribution in [0.15, 0.2) is 4.99 Å². The van der Waals surface area contributed by atoms with Gasteiger partial charge in [0, 0.05) is 5.88 Å². The SMILES string of the molecule is C.CC(C)(CCl)C1=NCCO1. The maximum absolute atomic E-state index is 5.71. The number of aliphatic imine (C=N–C) groups is 1. The highest BCUT2D eigenvalue weighted by molar-refractivity contribution is 6.19. The van der Waals surface area contributed by atoms with Crippen molar-refractivity contribution in [1.82, 2.24) is 0 Å². The van der Waals surface area contributed by atoms with E-state index < -0.39 is 0 Å². The minimum Gasteiger partial charge on any atom is -0.479 e. The van der Waals surface area contributed by atoms with Gasteiger partial charge in [-0.1, -0.05) is 7.43 Å². The van der Waals surface area contributed by atoms with Crippen LogP contribution >= 0.6 is 11.6 Å². The number of halogens is 1. The van der Waals surface area contributed by atoms with E-state index in [4.69, 9.17) is 16.3 Å². The Kier molecular flexibility index (Phi) is 3.87. The first-order valence-corrected chi connectivity index (χ1v) is 3.94. The van der Waals surface area contributed by atoms with Crippen LogP contribution in [0.1, 0.15) is 21.3 Å². The Morgan fingerprint density at radius 1 is 1.64 bits per heavy atom. The van der Waals surface area contributed by atoms with E-state index in [9.17, 15) is 0 Å². The molecule has 0 bridgehead atoms. The molecule has 1 aliphatic rings. The molecule has 11 heavy (non-hydrogen) atoms. The molecule has 0 amide bonds. The minimum absolute atomic E-state index is 0. The van der Waals surface area contributed by atoms with Crippen molar-refractivity contribution >= 4 is 17.5 Å². The van der Waals surface area contributed by atoms with Gasteiger partial charge in [0.15, 0.2) is 5.90 Å². The fourth-order valence-electron chi connectivity index (χ4n) is 0.802. The topological polar surface area (TPSA) is 21.6 Å². The molecule has 0 atom stereocenters. The Hall–Kier alpha value is -0.240. The summed E-state index contributed by atoms with van der Waals surface area (Å²) in [5.74, 6) is 1.37. The summed E-state index contributed by atoms with van der Waals surface area (Å²) < 4.78 is 5.27. The van der Waals surface area contributed by atoms with Crippen LogP contribution in [0.2, 0.25) is 0 Å². The Balaban J connectivity index is 0.000001000. The van der Waals surface area contributed by atoms with Gasteiger partial charge >= 0.3 is 0 Å². The summed E-state index contributed by atoms with van der Waals surface area (Å²) >= 11 is 5.71. The van der Waals surface area contributed by atoms with Crippen LogP contribution in [0, 0.1) is 5.41 Å². The zero-order valence-corrected chi connectivity index (χ0v) is 7.11. The van der Waals surface area contributed by atoms with Gasteiger partial charge in [-0.05, 0) is 13.8 Å². The van der Waals surface area contributed by atoms with Crippen LogP contribution in [0.3, 0.4) is 0 Å². The fraction of sp³-hybridized carbons (Fsp3) is 0.875. The molecule has 2 nitrogen and oxygen atoms in total. The second-order valence-corrected chi connectivity index (χ2v) is 3.32. The first kappa shape index (κ1) is 10.8. The highest BCUT2D eigenvalue weighted by Crippen LogP contribution is 2.22. The molecule has 1 heterocycles. The maximum atomic E-state index is 5.71. The van der Waals surface area contributed by atoms with E-state index >= 15 is 0 Å². The van der Waals surface area contributed by atoms with E-state index in [-0.39, 0.29) is 12.8 Å². The van der Waals surface area contributed by atoms with Crippen LogP contribution in [0.4, 0.5) is 0 Å². The van der Waals surface area contributed by atoms with Gasteiger partial charge in [-0.3, -0.25) is 4.99 Å². The number of alkyl halides is 1. The highest BCUT2D eigenvalue weighted by Gasteiger charge is 2.27. The molecule has 0 aromatic carbocycles. The van der Waals surface area contributed by atoms with Gasteiger partial charge < -0.3 is 4.74 Å². The van der Waals surface area contributed by atoms with Crippen molar-refractivity contribution < 1.29 is 4.74 Å². The monoisotopic (exact) mass is 177 g/mol. The third-order valence-corrected chi connectivity index (χ3v) is 2.17. The molecular weight excluding hydrogens is 162 g/mol.